The number of rotatable bonds is 0. The lowest BCUT2D eigenvalue weighted by Crippen LogP contribution is -2.00. The molecule has 0 spiro atoms. The molecular weight excluding hydrogens is 184 g/mol. The first kappa shape index (κ1) is 11.3. The normalized spacial score (nSPS) is 10.1. The van der Waals surface area contributed by atoms with Gasteiger partial charge >= 0.3 is 0 Å². The van der Waals surface area contributed by atoms with Gasteiger partial charge in [-0.25, -0.2) is 4.98 Å². The Morgan fingerprint density at radius 3 is 2.53 bits per heavy atom. The lowest BCUT2D eigenvalue weighted by Gasteiger charge is -2.06. The molecule has 0 aliphatic heterocycles. The van der Waals surface area contributed by atoms with E-state index < -0.39 is 0 Å². The molecule has 0 saturated heterocycles. The second-order valence-electron chi connectivity index (χ2n) is 4.52. The van der Waals surface area contributed by atoms with Gasteiger partial charge in [-0.1, -0.05) is 5.92 Å². The Morgan fingerprint density at radius 1 is 1.33 bits per heavy atom. The number of hydrogen-bond acceptors (Lipinski definition) is 2. The minimum atomic E-state index is -0.0701. The van der Waals surface area contributed by atoms with Crippen molar-refractivity contribution in [2.75, 3.05) is 0 Å². The first-order chi connectivity index (χ1) is 6.92. The maximum Gasteiger partial charge on any atom is 0.130 e. The molecule has 0 radical (unpaired) electrons. The van der Waals surface area contributed by atoms with Crippen molar-refractivity contribution < 1.29 is 0 Å². The van der Waals surface area contributed by atoms with E-state index in [1.807, 2.05) is 27.7 Å². The summed E-state index contributed by atoms with van der Waals surface area (Å²) >= 11 is 0. The lowest BCUT2D eigenvalue weighted by atomic mass is 9.97. The number of aryl methyl sites for hydroxylation is 1. The minimum absolute atomic E-state index is 0.0701. The molecule has 2 nitrogen and oxygen atoms in total. The van der Waals surface area contributed by atoms with E-state index in [0.717, 1.165) is 5.56 Å². The van der Waals surface area contributed by atoms with E-state index >= 15 is 0 Å². The van der Waals surface area contributed by atoms with Crippen molar-refractivity contribution in [3.8, 4) is 17.9 Å². The molecule has 0 fully saturated rings. The Hall–Kier alpha value is -1.80. The van der Waals surface area contributed by atoms with Crippen LogP contribution >= 0.6 is 0 Å². The Balaban J connectivity index is 3.16. The zero-order chi connectivity index (χ0) is 11.5. The molecule has 0 aliphatic rings. The molecule has 1 aromatic rings. The summed E-state index contributed by atoms with van der Waals surface area (Å²) in [6, 6.07) is 3.91. The molecule has 1 rings (SSSR count). The van der Waals surface area contributed by atoms with Crippen LogP contribution in [0.4, 0.5) is 0 Å². The van der Waals surface area contributed by atoms with Crippen LogP contribution in [0.3, 0.4) is 0 Å². The van der Waals surface area contributed by atoms with Crippen molar-refractivity contribution in [1.82, 2.24) is 4.98 Å². The highest BCUT2D eigenvalue weighted by Gasteiger charge is 2.05. The SMILES string of the molecule is Cc1cnc(C#CC(C)(C)C)c(C#N)c1. The van der Waals surface area contributed by atoms with E-state index in [4.69, 9.17) is 5.26 Å². The van der Waals surface area contributed by atoms with Crippen molar-refractivity contribution in [1.29, 1.82) is 5.26 Å². The summed E-state index contributed by atoms with van der Waals surface area (Å²) in [6.07, 6.45) is 1.73. The molecule has 1 aromatic heterocycles. The highest BCUT2D eigenvalue weighted by Crippen LogP contribution is 2.12. The maximum absolute atomic E-state index is 8.91. The zero-order valence-corrected chi connectivity index (χ0v) is 9.55. The second-order valence-corrected chi connectivity index (χ2v) is 4.52. The summed E-state index contributed by atoms with van der Waals surface area (Å²) < 4.78 is 0. The van der Waals surface area contributed by atoms with Gasteiger partial charge in [0.05, 0.1) is 5.56 Å². The number of nitrogens with zero attached hydrogens (tertiary/aromatic N) is 2. The predicted molar refractivity (Wildman–Crippen MR) is 60.0 cm³/mol. The van der Waals surface area contributed by atoms with Crippen molar-refractivity contribution in [3.63, 3.8) is 0 Å². The van der Waals surface area contributed by atoms with Crippen molar-refractivity contribution >= 4 is 0 Å². The van der Waals surface area contributed by atoms with Crippen molar-refractivity contribution in [2.45, 2.75) is 27.7 Å². The van der Waals surface area contributed by atoms with Crippen LogP contribution in [0.1, 0.15) is 37.6 Å². The first-order valence-corrected chi connectivity index (χ1v) is 4.82. The minimum Gasteiger partial charge on any atom is -0.246 e. The van der Waals surface area contributed by atoms with Gasteiger partial charge in [-0.3, -0.25) is 0 Å². The van der Waals surface area contributed by atoms with Gasteiger partial charge in [-0.2, -0.15) is 5.26 Å². The summed E-state index contributed by atoms with van der Waals surface area (Å²) in [6.45, 7) is 8.00. The van der Waals surface area contributed by atoms with Crippen LogP contribution in [-0.2, 0) is 0 Å². The first-order valence-electron chi connectivity index (χ1n) is 4.82. The third-order valence-electron chi connectivity index (χ3n) is 1.70. The molecule has 0 saturated carbocycles. The topological polar surface area (TPSA) is 36.7 Å². The second kappa shape index (κ2) is 4.15. The average molecular weight is 198 g/mol. The molecule has 0 unspecified atom stereocenters. The van der Waals surface area contributed by atoms with Crippen LogP contribution in [0, 0.1) is 35.5 Å². The highest BCUT2D eigenvalue weighted by molar-refractivity contribution is 5.45. The number of aromatic nitrogens is 1. The molecule has 0 bridgehead atoms. The van der Waals surface area contributed by atoms with Crippen LogP contribution in [0.25, 0.3) is 0 Å². The van der Waals surface area contributed by atoms with Crippen LogP contribution in [0.5, 0.6) is 0 Å². The average Bonchev–Trinajstić information content (AvgIpc) is 2.14. The summed E-state index contributed by atoms with van der Waals surface area (Å²) in [4.78, 5) is 4.16. The monoisotopic (exact) mass is 198 g/mol. The highest BCUT2D eigenvalue weighted by atomic mass is 14.7. The van der Waals surface area contributed by atoms with Gasteiger partial charge in [0.15, 0.2) is 0 Å². The van der Waals surface area contributed by atoms with E-state index in [2.05, 4.69) is 22.9 Å². The van der Waals surface area contributed by atoms with Crippen LogP contribution in [-0.4, -0.2) is 4.98 Å². The Morgan fingerprint density at radius 2 is 2.00 bits per heavy atom. The van der Waals surface area contributed by atoms with E-state index in [0.29, 0.717) is 11.3 Å². The fraction of sp³-hybridized carbons (Fsp3) is 0.385. The molecule has 1 heterocycles. The van der Waals surface area contributed by atoms with Crippen LogP contribution in [0.15, 0.2) is 12.3 Å². The fourth-order valence-corrected chi connectivity index (χ4v) is 1.00. The Bertz CT molecular complexity index is 462. The standard InChI is InChI=1S/C13H14N2/c1-10-7-11(8-14)12(15-9-10)5-6-13(2,3)4/h7,9H,1-4H3. The molecule has 2 heteroatoms. The van der Waals surface area contributed by atoms with Crippen molar-refractivity contribution in [2.24, 2.45) is 5.41 Å². The van der Waals surface area contributed by atoms with Gasteiger partial charge in [0, 0.05) is 11.6 Å². The zero-order valence-electron chi connectivity index (χ0n) is 9.55. The molecule has 76 valence electrons. The number of hydrogen-bond donors (Lipinski definition) is 0. The smallest absolute Gasteiger partial charge is 0.130 e. The molecular formula is C13H14N2. The summed E-state index contributed by atoms with van der Waals surface area (Å²) in [5.41, 5.74) is 2.02. The summed E-state index contributed by atoms with van der Waals surface area (Å²) in [5.74, 6) is 6.02. The van der Waals surface area contributed by atoms with Gasteiger partial charge in [0.1, 0.15) is 11.8 Å². The fourth-order valence-electron chi connectivity index (χ4n) is 1.00. The van der Waals surface area contributed by atoms with Gasteiger partial charge < -0.3 is 0 Å². The van der Waals surface area contributed by atoms with E-state index in [1.54, 1.807) is 12.3 Å². The quantitative estimate of drug-likeness (QED) is 0.601. The van der Waals surface area contributed by atoms with Crippen molar-refractivity contribution in [3.05, 3.63) is 29.1 Å². The van der Waals surface area contributed by atoms with Gasteiger partial charge in [0.2, 0.25) is 0 Å². The number of pyridine rings is 1. The van der Waals surface area contributed by atoms with Gasteiger partial charge in [-0.15, -0.1) is 0 Å². The molecule has 0 N–H and O–H groups in total. The lowest BCUT2D eigenvalue weighted by molar-refractivity contribution is 0.571. The third-order valence-corrected chi connectivity index (χ3v) is 1.70. The third kappa shape index (κ3) is 3.44. The Labute approximate surface area is 91.0 Å². The summed E-state index contributed by atoms with van der Waals surface area (Å²) in [7, 11) is 0. The molecule has 0 amide bonds. The molecule has 0 atom stereocenters. The van der Waals surface area contributed by atoms with E-state index in [9.17, 15) is 0 Å². The summed E-state index contributed by atoms with van der Waals surface area (Å²) in [5, 5.41) is 8.91. The predicted octanol–water partition coefficient (Wildman–Crippen LogP) is 2.66. The Kier molecular flexibility index (Phi) is 3.12. The van der Waals surface area contributed by atoms with E-state index in [1.165, 1.54) is 0 Å². The van der Waals surface area contributed by atoms with Crippen LogP contribution < -0.4 is 0 Å². The number of nitriles is 1. The van der Waals surface area contributed by atoms with Gasteiger partial charge in [0.25, 0.3) is 0 Å². The van der Waals surface area contributed by atoms with E-state index in [-0.39, 0.29) is 5.41 Å². The van der Waals surface area contributed by atoms with Crippen LogP contribution in [0.2, 0.25) is 0 Å². The maximum atomic E-state index is 8.91. The molecule has 0 aliphatic carbocycles. The molecule has 0 aromatic carbocycles. The van der Waals surface area contributed by atoms with Gasteiger partial charge in [-0.05, 0) is 45.2 Å². The largest absolute Gasteiger partial charge is 0.246 e. The molecule has 15 heavy (non-hydrogen) atoms.